The molecule has 0 saturated carbocycles. The molecule has 1 aromatic heterocycles. The number of rotatable bonds is 4. The van der Waals surface area contributed by atoms with E-state index in [1.807, 2.05) is 60.5 Å². The Kier molecular flexibility index (Phi) is 5.64. The van der Waals surface area contributed by atoms with Crippen LogP contribution in [0, 0.1) is 11.3 Å². The van der Waals surface area contributed by atoms with Crippen LogP contribution in [0.25, 0.3) is 11.3 Å². The van der Waals surface area contributed by atoms with Crippen molar-refractivity contribution in [1.82, 2.24) is 9.55 Å². The van der Waals surface area contributed by atoms with E-state index >= 15 is 0 Å². The molecule has 152 valence electrons. The first-order valence-corrected chi connectivity index (χ1v) is 10.3. The van der Waals surface area contributed by atoms with Crippen molar-refractivity contribution >= 4 is 5.82 Å². The maximum atomic E-state index is 13.4. The second-order valence-corrected chi connectivity index (χ2v) is 7.76. The van der Waals surface area contributed by atoms with Gasteiger partial charge in [0, 0.05) is 30.9 Å². The van der Waals surface area contributed by atoms with E-state index in [9.17, 15) is 4.79 Å². The number of aromatic nitrogens is 2. The van der Waals surface area contributed by atoms with Crippen LogP contribution in [0.3, 0.4) is 0 Å². The number of nitrogens with zero attached hydrogens (tertiary/aromatic N) is 4. The molecule has 4 rings (SSSR count). The Morgan fingerprint density at radius 2 is 1.77 bits per heavy atom. The van der Waals surface area contributed by atoms with Gasteiger partial charge in [-0.25, -0.2) is 4.98 Å². The number of nitriles is 1. The average molecular weight is 399 g/mol. The van der Waals surface area contributed by atoms with E-state index < -0.39 is 0 Å². The highest BCUT2D eigenvalue weighted by Crippen LogP contribution is 2.24. The number of anilines is 1. The molecule has 0 unspecified atom stereocenters. The summed E-state index contributed by atoms with van der Waals surface area (Å²) < 4.78 is 1.76. The van der Waals surface area contributed by atoms with E-state index in [2.05, 4.69) is 6.07 Å². The third-order valence-corrected chi connectivity index (χ3v) is 5.76. The van der Waals surface area contributed by atoms with Crippen molar-refractivity contribution in [2.75, 3.05) is 18.0 Å². The highest BCUT2D eigenvalue weighted by molar-refractivity contribution is 5.61. The molecule has 6 heteroatoms. The minimum Gasteiger partial charge on any atom is -0.352 e. The van der Waals surface area contributed by atoms with Crippen LogP contribution in [0.2, 0.25) is 0 Å². The van der Waals surface area contributed by atoms with Gasteiger partial charge in [0.05, 0.1) is 23.4 Å². The van der Waals surface area contributed by atoms with Crippen LogP contribution in [-0.2, 0) is 0 Å². The molecule has 0 spiro atoms. The maximum Gasteiger partial charge on any atom is 0.294 e. The molecule has 1 aliphatic heterocycles. The van der Waals surface area contributed by atoms with E-state index in [0.717, 1.165) is 37.1 Å². The molecule has 2 aromatic carbocycles. The minimum absolute atomic E-state index is 0.0979. The molecule has 1 saturated heterocycles. The van der Waals surface area contributed by atoms with Crippen LogP contribution in [0.4, 0.5) is 5.82 Å². The SMILES string of the molecule is C[C@H](c1ccccc1)n1cc(-c2ccc(C#N)cc2)nc(N2CCC(N)CC2)c1=O. The molecule has 3 aromatic rings. The molecule has 6 nitrogen and oxygen atoms in total. The largest absolute Gasteiger partial charge is 0.352 e. The molecule has 0 amide bonds. The Morgan fingerprint density at radius 1 is 1.10 bits per heavy atom. The van der Waals surface area contributed by atoms with Crippen molar-refractivity contribution in [3.05, 3.63) is 82.3 Å². The van der Waals surface area contributed by atoms with Gasteiger partial charge in [-0.15, -0.1) is 0 Å². The second-order valence-electron chi connectivity index (χ2n) is 7.76. The van der Waals surface area contributed by atoms with Gasteiger partial charge >= 0.3 is 0 Å². The normalized spacial score (nSPS) is 15.6. The minimum atomic E-state index is -0.135. The molecular formula is C24H25N5O. The van der Waals surface area contributed by atoms with Crippen LogP contribution < -0.4 is 16.2 Å². The smallest absolute Gasteiger partial charge is 0.294 e. The molecule has 0 aliphatic carbocycles. The average Bonchev–Trinajstić information content (AvgIpc) is 2.80. The van der Waals surface area contributed by atoms with Crippen LogP contribution >= 0.6 is 0 Å². The molecule has 0 bridgehead atoms. The lowest BCUT2D eigenvalue weighted by Gasteiger charge is -2.31. The summed E-state index contributed by atoms with van der Waals surface area (Å²) in [4.78, 5) is 20.2. The lowest BCUT2D eigenvalue weighted by atomic mass is 10.1. The summed E-state index contributed by atoms with van der Waals surface area (Å²) in [5, 5.41) is 9.09. The summed E-state index contributed by atoms with van der Waals surface area (Å²) in [6, 6.07) is 19.4. The van der Waals surface area contributed by atoms with Gasteiger partial charge in [-0.2, -0.15) is 5.26 Å². The van der Waals surface area contributed by atoms with Crippen LogP contribution in [0.15, 0.2) is 65.6 Å². The van der Waals surface area contributed by atoms with Gasteiger partial charge in [0.2, 0.25) is 0 Å². The van der Waals surface area contributed by atoms with Crippen LogP contribution in [-0.4, -0.2) is 28.7 Å². The van der Waals surface area contributed by atoms with Crippen LogP contribution in [0.5, 0.6) is 0 Å². The van der Waals surface area contributed by atoms with Crippen molar-refractivity contribution < 1.29 is 0 Å². The Morgan fingerprint density at radius 3 is 2.40 bits per heavy atom. The first-order valence-electron chi connectivity index (χ1n) is 10.3. The van der Waals surface area contributed by atoms with Crippen molar-refractivity contribution in [2.45, 2.75) is 31.8 Å². The zero-order chi connectivity index (χ0) is 21.1. The van der Waals surface area contributed by atoms with Gasteiger partial charge in [-0.3, -0.25) is 4.79 Å². The van der Waals surface area contributed by atoms with E-state index in [1.165, 1.54) is 0 Å². The number of piperidine rings is 1. The van der Waals surface area contributed by atoms with Crippen molar-refractivity contribution in [3.63, 3.8) is 0 Å². The van der Waals surface area contributed by atoms with Crippen molar-refractivity contribution in [3.8, 4) is 17.3 Å². The zero-order valence-electron chi connectivity index (χ0n) is 17.0. The lowest BCUT2D eigenvalue weighted by Crippen LogP contribution is -2.43. The Labute approximate surface area is 176 Å². The summed E-state index contributed by atoms with van der Waals surface area (Å²) >= 11 is 0. The molecule has 1 aliphatic rings. The Bertz CT molecular complexity index is 1110. The maximum absolute atomic E-state index is 13.4. The lowest BCUT2D eigenvalue weighted by molar-refractivity contribution is 0.494. The van der Waals surface area contributed by atoms with Gasteiger partial charge in [0.25, 0.3) is 5.56 Å². The van der Waals surface area contributed by atoms with Gasteiger partial charge in [0.1, 0.15) is 0 Å². The Hall–Kier alpha value is -3.43. The standard InChI is InChI=1S/C24H25N5O/c1-17(19-5-3-2-4-6-19)29-16-22(20-9-7-18(15-25)8-10-20)27-23(24(29)30)28-13-11-21(26)12-14-28/h2-10,16-17,21H,11-14,26H2,1H3/t17-/m1/s1. The molecule has 0 radical (unpaired) electrons. The molecular weight excluding hydrogens is 374 g/mol. The monoisotopic (exact) mass is 399 g/mol. The third kappa shape index (κ3) is 3.98. The van der Waals surface area contributed by atoms with Crippen molar-refractivity contribution in [2.24, 2.45) is 5.73 Å². The summed E-state index contributed by atoms with van der Waals surface area (Å²) in [6.07, 6.45) is 3.51. The fraction of sp³-hybridized carbons (Fsp3) is 0.292. The summed E-state index contributed by atoms with van der Waals surface area (Å²) in [7, 11) is 0. The van der Waals surface area contributed by atoms with Gasteiger partial charge in [-0.05, 0) is 37.5 Å². The number of hydrogen-bond donors (Lipinski definition) is 1. The quantitative estimate of drug-likeness (QED) is 0.727. The van der Waals surface area contributed by atoms with E-state index in [-0.39, 0.29) is 17.6 Å². The molecule has 2 N–H and O–H groups in total. The Balaban J connectivity index is 1.83. The van der Waals surface area contributed by atoms with Gasteiger partial charge in [-0.1, -0.05) is 42.5 Å². The second kappa shape index (κ2) is 8.52. The number of nitrogens with two attached hydrogens (primary N) is 1. The van der Waals surface area contributed by atoms with Gasteiger partial charge in [0.15, 0.2) is 5.82 Å². The predicted molar refractivity (Wildman–Crippen MR) is 118 cm³/mol. The molecule has 2 heterocycles. The topological polar surface area (TPSA) is 87.9 Å². The summed E-state index contributed by atoms with van der Waals surface area (Å²) in [6.45, 7) is 3.47. The summed E-state index contributed by atoms with van der Waals surface area (Å²) in [5.74, 6) is 0.464. The summed E-state index contributed by atoms with van der Waals surface area (Å²) in [5.41, 5.74) is 9.20. The highest BCUT2D eigenvalue weighted by Gasteiger charge is 2.23. The third-order valence-electron chi connectivity index (χ3n) is 5.76. The van der Waals surface area contributed by atoms with E-state index in [4.69, 9.17) is 16.0 Å². The fourth-order valence-electron chi connectivity index (χ4n) is 3.85. The molecule has 30 heavy (non-hydrogen) atoms. The van der Waals surface area contributed by atoms with E-state index in [1.54, 1.807) is 16.7 Å². The van der Waals surface area contributed by atoms with Gasteiger partial charge < -0.3 is 15.2 Å². The first kappa shape index (κ1) is 19.9. The molecule has 1 fully saturated rings. The molecule has 1 atom stereocenters. The first-order chi connectivity index (χ1) is 14.6. The van der Waals surface area contributed by atoms with E-state index in [0.29, 0.717) is 17.1 Å². The number of benzene rings is 2. The highest BCUT2D eigenvalue weighted by atomic mass is 16.1. The predicted octanol–water partition coefficient (Wildman–Crippen LogP) is 3.32. The van der Waals surface area contributed by atoms with Crippen LogP contribution in [0.1, 0.15) is 36.9 Å². The zero-order valence-corrected chi connectivity index (χ0v) is 17.0. The van der Waals surface area contributed by atoms with Crippen molar-refractivity contribution in [1.29, 1.82) is 5.26 Å². The fourth-order valence-corrected chi connectivity index (χ4v) is 3.85. The number of hydrogen-bond acceptors (Lipinski definition) is 5.